The molecule has 0 heterocycles. The van der Waals surface area contributed by atoms with E-state index < -0.39 is 44.4 Å². The Morgan fingerprint density at radius 2 is 1.00 bits per heavy atom. The van der Waals surface area contributed by atoms with Gasteiger partial charge < -0.3 is 9.47 Å². The zero-order valence-electron chi connectivity index (χ0n) is 18.4. The first kappa shape index (κ1) is 25.2. The molecular weight excluding hydrogens is 484 g/mol. The molecule has 0 saturated carbocycles. The van der Waals surface area contributed by atoms with E-state index in [0.717, 1.165) is 11.1 Å². The van der Waals surface area contributed by atoms with Crippen molar-refractivity contribution >= 4 is 32.2 Å². The Labute approximate surface area is 198 Å². The SMILES string of the molecule is Cc1ccc(S(=O)(=O)NC(=O)O[C@@H]2C=C[C@H](OC(=O)NS(=O)(=O)c3ccc(C)cc3)CC2)cc1. The third kappa shape index (κ3) is 6.81. The second kappa shape index (κ2) is 10.3. The van der Waals surface area contributed by atoms with Crippen LogP contribution in [0.5, 0.6) is 0 Å². The largest absolute Gasteiger partial charge is 0.441 e. The van der Waals surface area contributed by atoms with Crippen LogP contribution in [-0.4, -0.2) is 41.2 Å². The molecule has 2 amide bonds. The van der Waals surface area contributed by atoms with Crippen molar-refractivity contribution in [3.05, 3.63) is 71.8 Å². The van der Waals surface area contributed by atoms with Crippen LogP contribution in [0.2, 0.25) is 0 Å². The van der Waals surface area contributed by atoms with E-state index in [-0.39, 0.29) is 22.6 Å². The highest BCUT2D eigenvalue weighted by atomic mass is 32.2. The van der Waals surface area contributed by atoms with Crippen LogP contribution >= 0.6 is 0 Å². The highest BCUT2D eigenvalue weighted by molar-refractivity contribution is 7.90. The lowest BCUT2D eigenvalue weighted by Gasteiger charge is -2.23. The molecule has 0 unspecified atom stereocenters. The van der Waals surface area contributed by atoms with Crippen molar-refractivity contribution in [2.45, 2.75) is 48.7 Å². The van der Waals surface area contributed by atoms with Gasteiger partial charge in [-0.05, 0) is 63.1 Å². The molecule has 0 fully saturated rings. The molecule has 2 aromatic carbocycles. The minimum Gasteiger partial charge on any atom is -0.441 e. The number of ether oxygens (including phenoxy) is 2. The Morgan fingerprint density at radius 3 is 1.29 bits per heavy atom. The van der Waals surface area contributed by atoms with Crippen LogP contribution in [0.4, 0.5) is 9.59 Å². The standard InChI is InChI=1S/C22H24N2O8S2/c1-15-3-11-19(12-4-15)33(27,28)23-21(25)31-17-7-9-18(10-8-17)32-22(26)24-34(29,30)20-13-5-16(2)6-14-20/h3-7,9,11-14,17-18H,8,10H2,1-2H3,(H,23,25)(H,24,26)/t17-,18+. The molecule has 0 aromatic heterocycles. The fourth-order valence-corrected chi connectivity index (χ4v) is 4.82. The van der Waals surface area contributed by atoms with Crippen molar-refractivity contribution in [3.63, 3.8) is 0 Å². The van der Waals surface area contributed by atoms with Gasteiger partial charge in [0, 0.05) is 0 Å². The summed E-state index contributed by atoms with van der Waals surface area (Å²) in [5, 5.41) is 0. The Morgan fingerprint density at radius 1 is 0.676 bits per heavy atom. The molecule has 12 heteroatoms. The fraction of sp³-hybridized carbons (Fsp3) is 0.273. The highest BCUT2D eigenvalue weighted by Gasteiger charge is 2.26. The molecule has 1 aliphatic rings. The van der Waals surface area contributed by atoms with E-state index in [1.54, 1.807) is 38.1 Å². The van der Waals surface area contributed by atoms with Crippen molar-refractivity contribution in [1.29, 1.82) is 0 Å². The first-order valence-corrected chi connectivity index (χ1v) is 13.2. The molecule has 182 valence electrons. The van der Waals surface area contributed by atoms with E-state index in [1.165, 1.54) is 36.4 Å². The second-order valence-corrected chi connectivity index (χ2v) is 11.1. The van der Waals surface area contributed by atoms with Crippen LogP contribution in [0.15, 0.2) is 70.5 Å². The van der Waals surface area contributed by atoms with Crippen LogP contribution in [0.3, 0.4) is 0 Å². The van der Waals surface area contributed by atoms with Gasteiger partial charge in [-0.1, -0.05) is 35.4 Å². The lowest BCUT2D eigenvalue weighted by molar-refractivity contribution is 0.0859. The van der Waals surface area contributed by atoms with E-state index in [2.05, 4.69) is 0 Å². The van der Waals surface area contributed by atoms with Crippen molar-refractivity contribution in [1.82, 2.24) is 9.44 Å². The van der Waals surface area contributed by atoms with Gasteiger partial charge in [-0.3, -0.25) is 0 Å². The maximum Gasteiger partial charge on any atom is 0.421 e. The Hall–Kier alpha value is -3.38. The molecule has 0 spiro atoms. The molecule has 2 aromatic rings. The van der Waals surface area contributed by atoms with Crippen LogP contribution in [-0.2, 0) is 29.5 Å². The van der Waals surface area contributed by atoms with E-state index in [0.29, 0.717) is 0 Å². The first-order valence-electron chi connectivity index (χ1n) is 10.2. The summed E-state index contributed by atoms with van der Waals surface area (Å²) in [6.45, 7) is 3.61. The van der Waals surface area contributed by atoms with E-state index in [9.17, 15) is 26.4 Å². The van der Waals surface area contributed by atoms with Crippen LogP contribution in [0, 0.1) is 13.8 Å². The second-order valence-electron chi connectivity index (χ2n) is 7.69. The molecule has 0 radical (unpaired) electrons. The van der Waals surface area contributed by atoms with Gasteiger partial charge in [0.2, 0.25) is 0 Å². The Bertz CT molecular complexity index is 1180. The van der Waals surface area contributed by atoms with Crippen LogP contribution in [0.25, 0.3) is 0 Å². The van der Waals surface area contributed by atoms with Gasteiger partial charge in [-0.2, -0.15) is 0 Å². The van der Waals surface area contributed by atoms with Crippen molar-refractivity contribution < 1.29 is 35.9 Å². The minimum absolute atomic E-state index is 0.0747. The third-order valence-electron chi connectivity index (χ3n) is 4.89. The minimum atomic E-state index is -4.08. The number of amides is 2. The molecule has 10 nitrogen and oxygen atoms in total. The van der Waals surface area contributed by atoms with E-state index in [1.807, 2.05) is 9.44 Å². The van der Waals surface area contributed by atoms with E-state index in [4.69, 9.17) is 9.47 Å². The molecule has 1 aliphatic carbocycles. The number of hydrogen-bond donors (Lipinski definition) is 2. The smallest absolute Gasteiger partial charge is 0.421 e. The van der Waals surface area contributed by atoms with Gasteiger partial charge in [-0.25, -0.2) is 35.9 Å². The number of nitrogens with one attached hydrogen (secondary N) is 2. The van der Waals surface area contributed by atoms with Gasteiger partial charge >= 0.3 is 12.2 Å². The van der Waals surface area contributed by atoms with Gasteiger partial charge in [0.15, 0.2) is 0 Å². The normalized spacial score (nSPS) is 18.1. The van der Waals surface area contributed by atoms with Gasteiger partial charge in [0.05, 0.1) is 9.79 Å². The van der Waals surface area contributed by atoms with Gasteiger partial charge in [0.25, 0.3) is 20.0 Å². The molecule has 0 saturated heterocycles. The summed E-state index contributed by atoms with van der Waals surface area (Å²) < 4.78 is 62.9. The quantitative estimate of drug-likeness (QED) is 0.567. The number of rotatable bonds is 6. The average molecular weight is 509 g/mol. The summed E-state index contributed by atoms with van der Waals surface area (Å²) in [5.74, 6) is 0. The summed E-state index contributed by atoms with van der Waals surface area (Å²) in [5.41, 5.74) is 1.74. The number of benzene rings is 2. The molecule has 3 rings (SSSR count). The average Bonchev–Trinajstić information content (AvgIpc) is 2.75. The van der Waals surface area contributed by atoms with Crippen LogP contribution in [0.1, 0.15) is 24.0 Å². The maximum atomic E-state index is 12.3. The monoisotopic (exact) mass is 508 g/mol. The molecule has 2 N–H and O–H groups in total. The van der Waals surface area contributed by atoms with Crippen molar-refractivity contribution in [2.75, 3.05) is 0 Å². The fourth-order valence-electron chi connectivity index (χ4n) is 3.06. The Kier molecular flexibility index (Phi) is 7.62. The zero-order chi connectivity index (χ0) is 24.9. The topological polar surface area (TPSA) is 145 Å². The Balaban J connectivity index is 1.50. The zero-order valence-corrected chi connectivity index (χ0v) is 20.1. The molecular formula is C22H24N2O8S2. The van der Waals surface area contributed by atoms with Crippen molar-refractivity contribution in [3.8, 4) is 0 Å². The maximum absolute atomic E-state index is 12.3. The van der Waals surface area contributed by atoms with Gasteiger partial charge in [0.1, 0.15) is 12.2 Å². The number of carbonyl (C=O) groups is 2. The molecule has 0 bridgehead atoms. The summed E-state index contributed by atoms with van der Waals surface area (Å²) in [6, 6.07) is 11.9. The highest BCUT2D eigenvalue weighted by Crippen LogP contribution is 2.19. The lowest BCUT2D eigenvalue weighted by Crippen LogP contribution is -2.36. The summed E-state index contributed by atoms with van der Waals surface area (Å²) in [6.07, 6.45) is -0.427. The lowest BCUT2D eigenvalue weighted by atomic mass is 10.0. The van der Waals surface area contributed by atoms with Crippen LogP contribution < -0.4 is 9.44 Å². The summed E-state index contributed by atoms with van der Waals surface area (Å²) in [7, 11) is -8.16. The molecule has 0 aliphatic heterocycles. The number of carbonyl (C=O) groups excluding carboxylic acids is 2. The van der Waals surface area contributed by atoms with Crippen molar-refractivity contribution in [2.24, 2.45) is 0 Å². The summed E-state index contributed by atoms with van der Waals surface area (Å²) >= 11 is 0. The predicted octanol–water partition coefficient (Wildman–Crippen LogP) is 2.92. The number of sulfonamides is 2. The van der Waals surface area contributed by atoms with E-state index >= 15 is 0 Å². The number of hydrogen-bond acceptors (Lipinski definition) is 8. The predicted molar refractivity (Wildman–Crippen MR) is 122 cm³/mol. The first-order chi connectivity index (χ1) is 15.9. The van der Waals surface area contributed by atoms with Gasteiger partial charge in [-0.15, -0.1) is 0 Å². The molecule has 2 atom stereocenters. The molecule has 34 heavy (non-hydrogen) atoms. The number of aryl methyl sites for hydroxylation is 2. The third-order valence-corrected chi connectivity index (χ3v) is 7.55. The summed E-state index contributed by atoms with van der Waals surface area (Å²) in [4.78, 5) is 23.9.